The van der Waals surface area contributed by atoms with E-state index in [0.29, 0.717) is 28.1 Å². The van der Waals surface area contributed by atoms with Crippen LogP contribution in [0.1, 0.15) is 32.2 Å². The van der Waals surface area contributed by atoms with E-state index in [9.17, 15) is 9.90 Å². The van der Waals surface area contributed by atoms with Crippen LogP contribution in [0.4, 0.5) is 11.5 Å². The van der Waals surface area contributed by atoms with Gasteiger partial charge in [0.15, 0.2) is 5.65 Å². The molecule has 0 radical (unpaired) electrons. The predicted molar refractivity (Wildman–Crippen MR) is 131 cm³/mol. The summed E-state index contributed by atoms with van der Waals surface area (Å²) in [6, 6.07) is 4.99. The fraction of sp³-hybridized carbons (Fsp3) is 0.200. The zero-order valence-corrected chi connectivity index (χ0v) is 18.5. The molecule has 4 rings (SSSR count). The Kier molecular flexibility index (Phi) is 6.08. The van der Waals surface area contributed by atoms with Gasteiger partial charge in [0.05, 0.1) is 17.1 Å². The number of nitrogen functional groups attached to an aromatic ring is 1. The van der Waals surface area contributed by atoms with Gasteiger partial charge in [0.25, 0.3) is 0 Å². The highest BCUT2D eigenvalue weighted by Crippen LogP contribution is 2.39. The molecule has 1 unspecified atom stereocenters. The summed E-state index contributed by atoms with van der Waals surface area (Å²) in [5.41, 5.74) is 10.8. The van der Waals surface area contributed by atoms with E-state index in [1.54, 1.807) is 12.1 Å². The molecule has 2 aromatic heterocycles. The first kappa shape index (κ1) is 22.0. The van der Waals surface area contributed by atoms with Crippen LogP contribution < -0.4 is 11.1 Å². The molecule has 168 valence electrons. The number of allylic oxidation sites excluding steroid dienone is 5. The van der Waals surface area contributed by atoms with Gasteiger partial charge >= 0.3 is 0 Å². The maximum Gasteiger partial charge on any atom is 0.247 e. The fourth-order valence-electron chi connectivity index (χ4n) is 4.20. The fourth-order valence-corrected chi connectivity index (χ4v) is 4.20. The summed E-state index contributed by atoms with van der Waals surface area (Å²) in [5, 5.41) is 18.5. The van der Waals surface area contributed by atoms with Crippen LogP contribution >= 0.6 is 0 Å². The molecule has 4 N–H and O–H groups in total. The van der Waals surface area contributed by atoms with Crippen molar-refractivity contribution < 1.29 is 9.90 Å². The third-order valence-corrected chi connectivity index (χ3v) is 5.81. The number of hydrogen-bond acceptors (Lipinski definition) is 6. The minimum absolute atomic E-state index is 0.0808. The van der Waals surface area contributed by atoms with Crippen LogP contribution in [0, 0.1) is 0 Å². The monoisotopic (exact) mass is 442 g/mol. The number of nitrogens with zero attached hydrogens (tertiary/aromatic N) is 4. The van der Waals surface area contributed by atoms with Crippen LogP contribution in [0.5, 0.6) is 5.75 Å². The van der Waals surface area contributed by atoms with Crippen molar-refractivity contribution in [3.8, 4) is 17.0 Å². The van der Waals surface area contributed by atoms with E-state index >= 15 is 0 Å². The van der Waals surface area contributed by atoms with Gasteiger partial charge in [0.2, 0.25) is 5.91 Å². The molecule has 8 heteroatoms. The van der Waals surface area contributed by atoms with Gasteiger partial charge in [0, 0.05) is 5.56 Å². The number of carbonyl (C=O) groups is 1. The molecule has 1 amide bonds. The molecule has 33 heavy (non-hydrogen) atoms. The number of hydrogen-bond donors (Lipinski definition) is 3. The lowest BCUT2D eigenvalue weighted by atomic mass is 9.88. The average Bonchev–Trinajstić information content (AvgIpc) is 3.21. The molecule has 3 aromatic rings. The van der Waals surface area contributed by atoms with Gasteiger partial charge in [-0.1, -0.05) is 37.5 Å². The highest BCUT2D eigenvalue weighted by molar-refractivity contribution is 6.01. The van der Waals surface area contributed by atoms with Crippen molar-refractivity contribution in [2.45, 2.75) is 32.2 Å². The number of aromatic hydroxyl groups is 1. The number of fused-ring (bicyclic) bond motifs is 1. The Morgan fingerprint density at radius 2 is 2.12 bits per heavy atom. The topological polar surface area (TPSA) is 119 Å². The second-order valence-electron chi connectivity index (χ2n) is 7.83. The number of nitrogens with one attached hydrogen (secondary N) is 1. The first-order valence-electron chi connectivity index (χ1n) is 10.7. The van der Waals surface area contributed by atoms with Crippen LogP contribution in [0.3, 0.4) is 0 Å². The summed E-state index contributed by atoms with van der Waals surface area (Å²) < 4.78 is 1.91. The molecule has 1 aliphatic rings. The highest BCUT2D eigenvalue weighted by Gasteiger charge is 2.26. The molecule has 0 saturated heterocycles. The number of phenols is 1. The highest BCUT2D eigenvalue weighted by atomic mass is 16.3. The summed E-state index contributed by atoms with van der Waals surface area (Å²) >= 11 is 0. The molecule has 0 aliphatic heterocycles. The van der Waals surface area contributed by atoms with Gasteiger partial charge in [-0.3, -0.25) is 4.79 Å². The normalized spacial score (nSPS) is 16.3. The summed E-state index contributed by atoms with van der Waals surface area (Å²) in [6.07, 6.45) is 11.2. The van der Waals surface area contributed by atoms with Crippen molar-refractivity contribution in [3.63, 3.8) is 0 Å². The van der Waals surface area contributed by atoms with Crippen LogP contribution in [0.2, 0.25) is 0 Å². The van der Waals surface area contributed by atoms with Crippen molar-refractivity contribution in [2.24, 2.45) is 0 Å². The average molecular weight is 443 g/mol. The smallest absolute Gasteiger partial charge is 0.247 e. The molecule has 1 aliphatic carbocycles. The number of rotatable bonds is 6. The predicted octanol–water partition coefficient (Wildman–Crippen LogP) is 4.69. The molecule has 0 bridgehead atoms. The Bertz CT molecular complexity index is 1320. The lowest BCUT2D eigenvalue weighted by molar-refractivity contribution is -0.111. The lowest BCUT2D eigenvalue weighted by Gasteiger charge is -2.25. The van der Waals surface area contributed by atoms with Crippen molar-refractivity contribution in [1.82, 2.24) is 19.7 Å². The Morgan fingerprint density at radius 3 is 2.82 bits per heavy atom. The van der Waals surface area contributed by atoms with E-state index in [0.717, 1.165) is 25.3 Å². The van der Waals surface area contributed by atoms with E-state index in [1.807, 2.05) is 23.8 Å². The minimum Gasteiger partial charge on any atom is -0.506 e. The third kappa shape index (κ3) is 4.15. The number of amides is 1. The Balaban J connectivity index is 1.79. The zero-order valence-electron chi connectivity index (χ0n) is 18.5. The van der Waals surface area contributed by atoms with Crippen molar-refractivity contribution in [2.75, 3.05) is 11.1 Å². The largest absolute Gasteiger partial charge is 0.506 e. The van der Waals surface area contributed by atoms with Crippen LogP contribution in [-0.4, -0.2) is 30.8 Å². The molecular weight excluding hydrogens is 416 g/mol. The van der Waals surface area contributed by atoms with Crippen molar-refractivity contribution in [1.29, 1.82) is 0 Å². The molecule has 0 saturated carbocycles. The molecule has 0 fully saturated rings. The maximum absolute atomic E-state index is 11.6. The minimum atomic E-state index is -0.411. The van der Waals surface area contributed by atoms with E-state index in [4.69, 9.17) is 10.8 Å². The molecule has 1 atom stereocenters. The first-order chi connectivity index (χ1) is 16.0. The Labute approximate surface area is 191 Å². The van der Waals surface area contributed by atoms with Crippen LogP contribution in [0.15, 0.2) is 73.1 Å². The first-order valence-corrected chi connectivity index (χ1v) is 10.7. The van der Waals surface area contributed by atoms with Gasteiger partial charge in [-0.2, -0.15) is 5.10 Å². The van der Waals surface area contributed by atoms with Crippen molar-refractivity contribution >= 4 is 28.4 Å². The Hall–Kier alpha value is -4.20. The van der Waals surface area contributed by atoms with Gasteiger partial charge in [-0.15, -0.1) is 0 Å². The summed E-state index contributed by atoms with van der Waals surface area (Å²) in [6.45, 7) is 9.42. The summed E-state index contributed by atoms with van der Waals surface area (Å²) in [5.74, 6) is -0.188. The standard InChI is InChI=1S/C25H26N6O2/c1-4-7-16-8-10-18(12-15(16)5-2)31-25-22(24(26)27-14-28-25)23(30-31)17-9-11-19(20(32)13-17)29-21(33)6-3/h4-7,9,11,13-14,18,32H,2-3,8,10,12H2,1H3,(H,29,33)(H2,26,27,28)/b7-4-. The maximum atomic E-state index is 11.6. The SMILES string of the molecule is C=CC(=O)Nc1ccc(-c2nn(C3CCC(/C=C\C)=C(C=C)C3)c3ncnc(N)c23)cc1O. The van der Waals surface area contributed by atoms with Gasteiger partial charge in [-0.05, 0) is 55.5 Å². The Morgan fingerprint density at radius 1 is 1.30 bits per heavy atom. The number of aromatic nitrogens is 4. The number of nitrogens with two attached hydrogens (primary N) is 1. The molecule has 0 spiro atoms. The van der Waals surface area contributed by atoms with Gasteiger partial charge in [-0.25, -0.2) is 14.6 Å². The number of anilines is 2. The lowest BCUT2D eigenvalue weighted by Crippen LogP contribution is -2.16. The van der Waals surface area contributed by atoms with E-state index in [-0.39, 0.29) is 17.5 Å². The molecule has 1 aromatic carbocycles. The number of benzene rings is 1. The molecule has 8 nitrogen and oxygen atoms in total. The van der Waals surface area contributed by atoms with E-state index in [2.05, 4.69) is 34.5 Å². The van der Waals surface area contributed by atoms with Gasteiger partial charge < -0.3 is 16.2 Å². The number of phenolic OH excluding ortho intramolecular Hbond substituents is 1. The quantitative estimate of drug-likeness (QED) is 0.376. The summed E-state index contributed by atoms with van der Waals surface area (Å²) in [4.78, 5) is 20.2. The molecular formula is C25H26N6O2. The number of carbonyl (C=O) groups excluding carboxylic acids is 1. The van der Waals surface area contributed by atoms with Crippen LogP contribution in [0.25, 0.3) is 22.3 Å². The zero-order chi connectivity index (χ0) is 23.5. The van der Waals surface area contributed by atoms with Crippen LogP contribution in [-0.2, 0) is 4.79 Å². The second-order valence-corrected chi connectivity index (χ2v) is 7.83. The third-order valence-electron chi connectivity index (χ3n) is 5.81. The second kappa shape index (κ2) is 9.12. The van der Waals surface area contributed by atoms with E-state index < -0.39 is 5.91 Å². The van der Waals surface area contributed by atoms with Gasteiger partial charge in [0.1, 0.15) is 23.6 Å². The van der Waals surface area contributed by atoms with Crippen molar-refractivity contribution in [3.05, 3.63) is 73.1 Å². The van der Waals surface area contributed by atoms with E-state index in [1.165, 1.54) is 23.5 Å². The summed E-state index contributed by atoms with van der Waals surface area (Å²) in [7, 11) is 0. The molecule has 2 heterocycles.